The van der Waals surface area contributed by atoms with Gasteiger partial charge in [-0.05, 0) is 36.5 Å². The van der Waals surface area contributed by atoms with Gasteiger partial charge in [0, 0.05) is 30.0 Å². The molecular weight excluding hydrogens is 361 g/mol. The smallest absolute Gasteiger partial charge is 0.260 e. The molecule has 3 rings (SSSR count). The maximum Gasteiger partial charge on any atom is 0.260 e. The number of thiazole rings is 1. The normalized spacial score (nSPS) is 21.3. The third-order valence-corrected chi connectivity index (χ3v) is 5.32. The SMILES string of the molecule is C[C@@H]1C[C@H](C)CN(Cc2csc(NC(=O)c3cc(Cl)ccc3F)n2)C1. The lowest BCUT2D eigenvalue weighted by Crippen LogP contribution is -2.38. The summed E-state index contributed by atoms with van der Waals surface area (Å²) in [4.78, 5) is 19.1. The molecule has 2 aromatic rings. The number of carbonyl (C=O) groups is 1. The number of piperidine rings is 1. The summed E-state index contributed by atoms with van der Waals surface area (Å²) in [5.41, 5.74) is 0.844. The fourth-order valence-electron chi connectivity index (χ4n) is 3.42. The van der Waals surface area contributed by atoms with Gasteiger partial charge in [-0.15, -0.1) is 11.3 Å². The lowest BCUT2D eigenvalue weighted by Gasteiger charge is -2.34. The van der Waals surface area contributed by atoms with Gasteiger partial charge < -0.3 is 0 Å². The average molecular weight is 382 g/mol. The van der Waals surface area contributed by atoms with E-state index in [0.717, 1.165) is 25.3 Å². The van der Waals surface area contributed by atoms with E-state index < -0.39 is 11.7 Å². The topological polar surface area (TPSA) is 45.2 Å². The number of benzene rings is 1. The zero-order valence-electron chi connectivity index (χ0n) is 14.3. The Hall–Kier alpha value is -1.50. The Morgan fingerprint density at radius 3 is 2.84 bits per heavy atom. The molecule has 1 fully saturated rings. The van der Waals surface area contributed by atoms with Crippen LogP contribution in [0.25, 0.3) is 0 Å². The first-order valence-corrected chi connectivity index (χ1v) is 9.59. The summed E-state index contributed by atoms with van der Waals surface area (Å²) in [7, 11) is 0. The van der Waals surface area contributed by atoms with Crippen molar-refractivity contribution in [3.05, 3.63) is 45.7 Å². The van der Waals surface area contributed by atoms with Gasteiger partial charge in [-0.25, -0.2) is 9.37 Å². The molecule has 1 amide bonds. The van der Waals surface area contributed by atoms with Crippen LogP contribution in [0.5, 0.6) is 0 Å². The summed E-state index contributed by atoms with van der Waals surface area (Å²) in [5.74, 6) is 0.232. The van der Waals surface area contributed by atoms with Gasteiger partial charge in [0.1, 0.15) is 5.82 Å². The maximum atomic E-state index is 13.8. The summed E-state index contributed by atoms with van der Waals surface area (Å²) in [6.07, 6.45) is 1.26. The number of anilines is 1. The third-order valence-electron chi connectivity index (χ3n) is 4.28. The molecule has 1 N–H and O–H groups in total. The van der Waals surface area contributed by atoms with E-state index in [4.69, 9.17) is 11.6 Å². The van der Waals surface area contributed by atoms with Gasteiger partial charge in [0.2, 0.25) is 0 Å². The first-order chi connectivity index (χ1) is 11.9. The Bertz CT molecular complexity index is 757. The summed E-state index contributed by atoms with van der Waals surface area (Å²) in [5, 5.41) is 5.38. The van der Waals surface area contributed by atoms with Crippen molar-refractivity contribution in [2.24, 2.45) is 11.8 Å². The summed E-state index contributed by atoms with van der Waals surface area (Å²) in [6, 6.07) is 3.91. The zero-order chi connectivity index (χ0) is 18.0. The molecule has 0 spiro atoms. The molecule has 1 aromatic heterocycles. The fraction of sp³-hybridized carbons (Fsp3) is 0.444. The number of aromatic nitrogens is 1. The predicted molar refractivity (Wildman–Crippen MR) is 99.7 cm³/mol. The van der Waals surface area contributed by atoms with Crippen molar-refractivity contribution in [1.29, 1.82) is 0 Å². The van der Waals surface area contributed by atoms with E-state index in [2.05, 4.69) is 29.0 Å². The minimum Gasteiger partial charge on any atom is -0.298 e. The minimum absolute atomic E-state index is 0.0806. The molecule has 2 atom stereocenters. The summed E-state index contributed by atoms with van der Waals surface area (Å²) >= 11 is 7.18. The number of hydrogen-bond acceptors (Lipinski definition) is 4. The highest BCUT2D eigenvalue weighted by Crippen LogP contribution is 2.24. The summed E-state index contributed by atoms with van der Waals surface area (Å²) in [6.45, 7) is 7.45. The van der Waals surface area contributed by atoms with Crippen molar-refractivity contribution >= 4 is 34.0 Å². The second-order valence-corrected chi connectivity index (χ2v) is 8.16. The van der Waals surface area contributed by atoms with E-state index in [0.29, 0.717) is 22.0 Å². The number of hydrogen-bond donors (Lipinski definition) is 1. The average Bonchev–Trinajstić information content (AvgIpc) is 2.95. The van der Waals surface area contributed by atoms with E-state index >= 15 is 0 Å². The minimum atomic E-state index is -0.602. The Morgan fingerprint density at radius 2 is 2.12 bits per heavy atom. The van der Waals surface area contributed by atoms with Crippen molar-refractivity contribution in [3.8, 4) is 0 Å². The number of amides is 1. The Labute approximate surface area is 156 Å². The van der Waals surface area contributed by atoms with Crippen LogP contribution in [0.15, 0.2) is 23.6 Å². The van der Waals surface area contributed by atoms with Crippen LogP contribution in [0.3, 0.4) is 0 Å². The van der Waals surface area contributed by atoms with Crippen LogP contribution in [0, 0.1) is 17.7 Å². The van der Waals surface area contributed by atoms with Crippen LogP contribution in [0.4, 0.5) is 9.52 Å². The highest BCUT2D eigenvalue weighted by Gasteiger charge is 2.22. The van der Waals surface area contributed by atoms with Gasteiger partial charge in [0.15, 0.2) is 5.13 Å². The van der Waals surface area contributed by atoms with Crippen LogP contribution in [0.2, 0.25) is 5.02 Å². The van der Waals surface area contributed by atoms with Crippen molar-refractivity contribution in [2.75, 3.05) is 18.4 Å². The largest absolute Gasteiger partial charge is 0.298 e. The zero-order valence-corrected chi connectivity index (χ0v) is 15.8. The van der Waals surface area contributed by atoms with Gasteiger partial charge in [0.05, 0.1) is 11.3 Å². The molecule has 0 unspecified atom stereocenters. The van der Waals surface area contributed by atoms with Crippen molar-refractivity contribution in [1.82, 2.24) is 9.88 Å². The van der Waals surface area contributed by atoms with Gasteiger partial charge in [-0.1, -0.05) is 25.4 Å². The van der Waals surface area contributed by atoms with Gasteiger partial charge in [-0.3, -0.25) is 15.0 Å². The van der Waals surface area contributed by atoms with Gasteiger partial charge >= 0.3 is 0 Å². The van der Waals surface area contributed by atoms with Crippen LogP contribution < -0.4 is 5.32 Å². The molecular formula is C18H21ClFN3OS. The second kappa shape index (κ2) is 7.81. The first kappa shape index (κ1) is 18.3. The molecule has 1 aliphatic heterocycles. The van der Waals surface area contributed by atoms with Crippen LogP contribution in [-0.2, 0) is 6.54 Å². The third kappa shape index (κ3) is 4.77. The van der Waals surface area contributed by atoms with Crippen LogP contribution >= 0.6 is 22.9 Å². The highest BCUT2D eigenvalue weighted by atomic mass is 35.5. The Morgan fingerprint density at radius 1 is 1.40 bits per heavy atom. The quantitative estimate of drug-likeness (QED) is 0.837. The van der Waals surface area contributed by atoms with Crippen LogP contribution in [0.1, 0.15) is 36.3 Å². The number of halogens is 2. The molecule has 1 saturated heterocycles. The van der Waals surface area contributed by atoms with E-state index in [9.17, 15) is 9.18 Å². The predicted octanol–water partition coefficient (Wildman–Crippen LogP) is 4.67. The Kier molecular flexibility index (Phi) is 5.71. The standard InChI is InChI=1S/C18H21ClFN3OS/c1-11-5-12(2)8-23(7-11)9-14-10-25-18(21-14)22-17(24)15-6-13(19)3-4-16(15)20/h3-4,6,10-12H,5,7-9H2,1-2H3,(H,21,22,24)/t11-,12+. The molecule has 25 heavy (non-hydrogen) atoms. The molecule has 1 aromatic carbocycles. The van der Waals surface area contributed by atoms with Crippen molar-refractivity contribution in [2.45, 2.75) is 26.8 Å². The molecule has 0 saturated carbocycles. The number of carbonyl (C=O) groups excluding carboxylic acids is 1. The summed E-state index contributed by atoms with van der Waals surface area (Å²) < 4.78 is 13.8. The lowest BCUT2D eigenvalue weighted by molar-refractivity contribution is 0.102. The molecule has 2 heterocycles. The van der Waals surface area contributed by atoms with E-state index in [1.54, 1.807) is 0 Å². The molecule has 0 bridgehead atoms. The maximum absolute atomic E-state index is 13.8. The number of nitrogens with one attached hydrogen (secondary N) is 1. The molecule has 1 aliphatic rings. The van der Waals surface area contributed by atoms with Crippen molar-refractivity contribution in [3.63, 3.8) is 0 Å². The molecule has 0 aliphatic carbocycles. The Balaban J connectivity index is 1.63. The molecule has 0 radical (unpaired) electrons. The molecule has 7 heteroatoms. The van der Waals surface area contributed by atoms with Crippen molar-refractivity contribution < 1.29 is 9.18 Å². The number of likely N-dealkylation sites (tertiary alicyclic amines) is 1. The monoisotopic (exact) mass is 381 g/mol. The molecule has 134 valence electrons. The lowest BCUT2D eigenvalue weighted by atomic mass is 9.92. The fourth-order valence-corrected chi connectivity index (χ4v) is 4.29. The van der Waals surface area contributed by atoms with Gasteiger partial charge in [-0.2, -0.15) is 0 Å². The van der Waals surface area contributed by atoms with Gasteiger partial charge in [0.25, 0.3) is 5.91 Å². The highest BCUT2D eigenvalue weighted by molar-refractivity contribution is 7.14. The van der Waals surface area contributed by atoms with E-state index in [1.807, 2.05) is 5.38 Å². The number of rotatable bonds is 4. The number of nitrogens with zero attached hydrogens (tertiary/aromatic N) is 2. The van der Waals surface area contributed by atoms with E-state index in [1.165, 1.54) is 36.0 Å². The second-order valence-electron chi connectivity index (χ2n) is 6.86. The first-order valence-electron chi connectivity index (χ1n) is 8.34. The molecule has 4 nitrogen and oxygen atoms in total. The van der Waals surface area contributed by atoms with E-state index in [-0.39, 0.29) is 5.56 Å². The van der Waals surface area contributed by atoms with Crippen LogP contribution in [-0.4, -0.2) is 28.9 Å².